The van der Waals surface area contributed by atoms with Gasteiger partial charge in [0.05, 0.1) is 11.5 Å². The SMILES string of the molecule is CNc1ccc(NCCO)cc1[N+](=O)[O-]. The molecule has 0 radical (unpaired) electrons. The van der Waals surface area contributed by atoms with Crippen LogP contribution >= 0.6 is 0 Å². The summed E-state index contributed by atoms with van der Waals surface area (Å²) >= 11 is 0. The zero-order valence-electron chi connectivity index (χ0n) is 8.36. The van der Waals surface area contributed by atoms with E-state index in [-0.39, 0.29) is 12.3 Å². The van der Waals surface area contributed by atoms with Gasteiger partial charge in [0.25, 0.3) is 5.69 Å². The summed E-state index contributed by atoms with van der Waals surface area (Å²) in [4.78, 5) is 10.2. The molecule has 1 aromatic rings. The standard InChI is InChI=1S/C9H13N3O3/c1-10-8-3-2-7(11-4-5-13)6-9(8)12(14)15/h2-3,6,10-11,13H,4-5H2,1H3. The van der Waals surface area contributed by atoms with Gasteiger partial charge in [-0.15, -0.1) is 0 Å². The molecular weight excluding hydrogens is 198 g/mol. The number of nitrogens with one attached hydrogen (secondary N) is 2. The molecule has 0 amide bonds. The molecule has 0 spiro atoms. The fraction of sp³-hybridized carbons (Fsp3) is 0.333. The third-order valence-electron chi connectivity index (χ3n) is 1.90. The molecule has 15 heavy (non-hydrogen) atoms. The summed E-state index contributed by atoms with van der Waals surface area (Å²) in [5, 5.41) is 24.9. The summed E-state index contributed by atoms with van der Waals surface area (Å²) in [6, 6.07) is 4.77. The Balaban J connectivity index is 2.94. The summed E-state index contributed by atoms with van der Waals surface area (Å²) in [5.41, 5.74) is 1.10. The van der Waals surface area contributed by atoms with E-state index >= 15 is 0 Å². The highest BCUT2D eigenvalue weighted by atomic mass is 16.6. The molecule has 0 aromatic heterocycles. The van der Waals surface area contributed by atoms with Gasteiger partial charge in [0.15, 0.2) is 0 Å². The quantitative estimate of drug-likeness (QED) is 0.500. The predicted octanol–water partition coefficient (Wildman–Crippen LogP) is 1.04. The lowest BCUT2D eigenvalue weighted by molar-refractivity contribution is -0.383. The predicted molar refractivity (Wildman–Crippen MR) is 58.2 cm³/mol. The molecule has 0 unspecified atom stereocenters. The number of hydrogen-bond acceptors (Lipinski definition) is 5. The lowest BCUT2D eigenvalue weighted by atomic mass is 10.2. The van der Waals surface area contributed by atoms with Crippen LogP contribution in [0.5, 0.6) is 0 Å². The van der Waals surface area contributed by atoms with Crippen LogP contribution in [0.25, 0.3) is 0 Å². The maximum absolute atomic E-state index is 10.7. The molecular formula is C9H13N3O3. The lowest BCUT2D eigenvalue weighted by Gasteiger charge is -2.06. The lowest BCUT2D eigenvalue weighted by Crippen LogP contribution is -2.06. The maximum atomic E-state index is 10.7. The molecule has 6 heteroatoms. The Kier molecular flexibility index (Phi) is 3.87. The van der Waals surface area contributed by atoms with Crippen LogP contribution in [0.15, 0.2) is 18.2 Å². The zero-order chi connectivity index (χ0) is 11.3. The Morgan fingerprint density at radius 3 is 2.80 bits per heavy atom. The third kappa shape index (κ3) is 2.81. The van der Waals surface area contributed by atoms with Crippen LogP contribution < -0.4 is 10.6 Å². The largest absolute Gasteiger partial charge is 0.395 e. The van der Waals surface area contributed by atoms with E-state index in [9.17, 15) is 10.1 Å². The summed E-state index contributed by atoms with van der Waals surface area (Å²) in [6.45, 7) is 0.359. The second kappa shape index (κ2) is 5.16. The highest BCUT2D eigenvalue weighted by Gasteiger charge is 2.12. The number of anilines is 2. The number of hydrogen-bond donors (Lipinski definition) is 3. The molecule has 0 bridgehead atoms. The average molecular weight is 211 g/mol. The van der Waals surface area contributed by atoms with Crippen molar-refractivity contribution in [3.63, 3.8) is 0 Å². The molecule has 1 rings (SSSR count). The number of benzene rings is 1. The molecule has 0 atom stereocenters. The van der Waals surface area contributed by atoms with Crippen molar-refractivity contribution in [3.8, 4) is 0 Å². The molecule has 82 valence electrons. The normalized spacial score (nSPS) is 9.73. The Morgan fingerprint density at radius 1 is 1.53 bits per heavy atom. The van der Waals surface area contributed by atoms with Gasteiger partial charge in [0, 0.05) is 25.3 Å². The summed E-state index contributed by atoms with van der Waals surface area (Å²) in [6.07, 6.45) is 0. The molecule has 0 saturated carbocycles. The summed E-state index contributed by atoms with van der Waals surface area (Å²) in [7, 11) is 1.63. The Bertz CT molecular complexity index is 354. The van der Waals surface area contributed by atoms with Gasteiger partial charge in [-0.25, -0.2) is 0 Å². The molecule has 3 N–H and O–H groups in total. The van der Waals surface area contributed by atoms with E-state index < -0.39 is 4.92 Å². The van der Waals surface area contributed by atoms with E-state index in [1.165, 1.54) is 6.07 Å². The van der Waals surface area contributed by atoms with E-state index in [2.05, 4.69) is 10.6 Å². The van der Waals surface area contributed by atoms with Gasteiger partial charge < -0.3 is 15.7 Å². The molecule has 0 aliphatic heterocycles. The van der Waals surface area contributed by atoms with Crippen LogP contribution in [0.1, 0.15) is 0 Å². The van der Waals surface area contributed by atoms with Crippen molar-refractivity contribution in [1.29, 1.82) is 0 Å². The van der Waals surface area contributed by atoms with Crippen LogP contribution in [0.2, 0.25) is 0 Å². The third-order valence-corrected chi connectivity index (χ3v) is 1.90. The highest BCUT2D eigenvalue weighted by Crippen LogP contribution is 2.27. The van der Waals surface area contributed by atoms with Crippen LogP contribution in [-0.4, -0.2) is 30.2 Å². The van der Waals surface area contributed by atoms with Gasteiger partial charge in [0.1, 0.15) is 5.69 Å². The molecule has 0 aliphatic carbocycles. The Labute approximate surface area is 87.1 Å². The van der Waals surface area contributed by atoms with Crippen molar-refractivity contribution >= 4 is 17.1 Å². The minimum Gasteiger partial charge on any atom is -0.395 e. The fourth-order valence-corrected chi connectivity index (χ4v) is 1.20. The summed E-state index contributed by atoms with van der Waals surface area (Å²) in [5.74, 6) is 0. The Morgan fingerprint density at radius 2 is 2.27 bits per heavy atom. The first-order valence-electron chi connectivity index (χ1n) is 4.50. The van der Waals surface area contributed by atoms with Crippen molar-refractivity contribution in [2.45, 2.75) is 0 Å². The fourth-order valence-electron chi connectivity index (χ4n) is 1.20. The van der Waals surface area contributed by atoms with E-state index in [0.717, 1.165) is 0 Å². The van der Waals surface area contributed by atoms with Gasteiger partial charge in [-0.1, -0.05) is 0 Å². The van der Waals surface area contributed by atoms with Gasteiger partial charge in [0.2, 0.25) is 0 Å². The second-order valence-corrected chi connectivity index (χ2v) is 2.89. The first-order valence-corrected chi connectivity index (χ1v) is 4.50. The Hall–Kier alpha value is -1.82. The van der Waals surface area contributed by atoms with Gasteiger partial charge in [-0.05, 0) is 12.1 Å². The van der Waals surface area contributed by atoms with Crippen molar-refractivity contribution in [2.24, 2.45) is 0 Å². The molecule has 0 aliphatic rings. The van der Waals surface area contributed by atoms with Crippen molar-refractivity contribution in [1.82, 2.24) is 0 Å². The molecule has 1 aromatic carbocycles. The number of rotatable bonds is 5. The van der Waals surface area contributed by atoms with Gasteiger partial charge in [-0.2, -0.15) is 0 Å². The monoisotopic (exact) mass is 211 g/mol. The summed E-state index contributed by atoms with van der Waals surface area (Å²) < 4.78 is 0. The minimum absolute atomic E-state index is 0.0123. The van der Waals surface area contributed by atoms with E-state index in [1.54, 1.807) is 19.2 Å². The first-order chi connectivity index (χ1) is 7.19. The molecule has 0 fully saturated rings. The van der Waals surface area contributed by atoms with Crippen LogP contribution in [0.3, 0.4) is 0 Å². The smallest absolute Gasteiger partial charge is 0.294 e. The van der Waals surface area contributed by atoms with Gasteiger partial charge in [-0.3, -0.25) is 10.1 Å². The number of nitrogens with zero attached hydrogens (tertiary/aromatic N) is 1. The molecule has 6 nitrogen and oxygen atoms in total. The minimum atomic E-state index is -0.448. The van der Waals surface area contributed by atoms with E-state index in [4.69, 9.17) is 5.11 Å². The molecule has 0 heterocycles. The number of aliphatic hydroxyl groups excluding tert-OH is 1. The van der Waals surface area contributed by atoms with Crippen LogP contribution in [-0.2, 0) is 0 Å². The second-order valence-electron chi connectivity index (χ2n) is 2.89. The zero-order valence-corrected chi connectivity index (χ0v) is 8.36. The number of nitro groups is 1. The maximum Gasteiger partial charge on any atom is 0.294 e. The van der Waals surface area contributed by atoms with Crippen molar-refractivity contribution in [3.05, 3.63) is 28.3 Å². The van der Waals surface area contributed by atoms with Crippen molar-refractivity contribution in [2.75, 3.05) is 30.8 Å². The van der Waals surface area contributed by atoms with Crippen LogP contribution in [0.4, 0.5) is 17.1 Å². The van der Waals surface area contributed by atoms with Crippen molar-refractivity contribution < 1.29 is 10.0 Å². The van der Waals surface area contributed by atoms with E-state index in [1.807, 2.05) is 0 Å². The first kappa shape index (κ1) is 11.3. The average Bonchev–Trinajstić information content (AvgIpc) is 2.25. The van der Waals surface area contributed by atoms with Gasteiger partial charge >= 0.3 is 0 Å². The number of nitro benzene ring substituents is 1. The topological polar surface area (TPSA) is 87.4 Å². The number of aliphatic hydroxyl groups is 1. The highest BCUT2D eigenvalue weighted by molar-refractivity contribution is 5.67. The van der Waals surface area contributed by atoms with Crippen LogP contribution in [0, 0.1) is 10.1 Å². The molecule has 0 saturated heterocycles. The van der Waals surface area contributed by atoms with E-state index in [0.29, 0.717) is 17.9 Å².